The molecule has 0 radical (unpaired) electrons. The third-order valence-corrected chi connectivity index (χ3v) is 5.78. The average Bonchev–Trinajstić information content (AvgIpc) is 3.23. The van der Waals surface area contributed by atoms with Gasteiger partial charge in [-0.05, 0) is 37.1 Å². The highest BCUT2D eigenvalue weighted by atomic mass is 32.1. The van der Waals surface area contributed by atoms with Crippen LogP contribution in [0, 0.1) is 0 Å². The van der Waals surface area contributed by atoms with Crippen LogP contribution >= 0.6 is 22.7 Å². The van der Waals surface area contributed by atoms with E-state index in [9.17, 15) is 9.59 Å². The third kappa shape index (κ3) is 3.79. The van der Waals surface area contributed by atoms with Crippen LogP contribution in [0.25, 0.3) is 10.6 Å². The minimum Gasteiger partial charge on any atom is -0.481 e. The van der Waals surface area contributed by atoms with Crippen LogP contribution in [0.1, 0.15) is 41.8 Å². The molecule has 1 aliphatic rings. The predicted molar refractivity (Wildman–Crippen MR) is 91.0 cm³/mol. The number of hydrogen-bond donors (Lipinski definition) is 1. The average molecular weight is 350 g/mol. The van der Waals surface area contributed by atoms with E-state index in [1.807, 2.05) is 21.7 Å². The lowest BCUT2D eigenvalue weighted by Gasteiger charge is -2.35. The molecule has 0 spiro atoms. The van der Waals surface area contributed by atoms with Gasteiger partial charge >= 0.3 is 5.97 Å². The number of thiazole rings is 1. The van der Waals surface area contributed by atoms with E-state index >= 15 is 0 Å². The molecule has 122 valence electrons. The third-order valence-electron chi connectivity index (χ3n) is 4.06. The highest BCUT2D eigenvalue weighted by molar-refractivity contribution is 7.17. The number of carbonyl (C=O) groups excluding carboxylic acids is 1. The first-order valence-electron chi connectivity index (χ1n) is 7.66. The molecule has 2 aromatic heterocycles. The first-order chi connectivity index (χ1) is 11.1. The largest absolute Gasteiger partial charge is 0.481 e. The summed E-state index contributed by atoms with van der Waals surface area (Å²) in [5.74, 6) is -0.820. The quantitative estimate of drug-likeness (QED) is 0.892. The Balaban J connectivity index is 1.73. The first kappa shape index (κ1) is 16.1. The maximum Gasteiger partial charge on any atom is 0.303 e. The van der Waals surface area contributed by atoms with Gasteiger partial charge in [-0.25, -0.2) is 4.98 Å². The molecule has 1 unspecified atom stereocenters. The molecular weight excluding hydrogens is 332 g/mol. The van der Waals surface area contributed by atoms with Gasteiger partial charge in [0.15, 0.2) is 0 Å². The van der Waals surface area contributed by atoms with Crippen LogP contribution in [0.15, 0.2) is 23.0 Å². The van der Waals surface area contributed by atoms with Gasteiger partial charge in [0.2, 0.25) is 0 Å². The number of aliphatic carboxylic acids is 1. The number of carboxylic acids is 1. The summed E-state index contributed by atoms with van der Waals surface area (Å²) in [6, 6.07) is 2.02. The number of nitrogens with zero attached hydrogens (tertiary/aromatic N) is 2. The molecule has 1 N–H and O–H groups in total. The number of hydrogen-bond acceptors (Lipinski definition) is 5. The molecule has 5 nitrogen and oxygen atoms in total. The van der Waals surface area contributed by atoms with Crippen molar-refractivity contribution in [1.82, 2.24) is 9.88 Å². The van der Waals surface area contributed by atoms with Gasteiger partial charge in [-0.3, -0.25) is 9.59 Å². The van der Waals surface area contributed by atoms with Gasteiger partial charge in [-0.1, -0.05) is 0 Å². The fourth-order valence-corrected chi connectivity index (χ4v) is 4.48. The Morgan fingerprint density at radius 2 is 2.26 bits per heavy atom. The van der Waals surface area contributed by atoms with Crippen LogP contribution in [0.4, 0.5) is 0 Å². The topological polar surface area (TPSA) is 70.5 Å². The zero-order valence-electron chi connectivity index (χ0n) is 12.6. The van der Waals surface area contributed by atoms with Crippen LogP contribution in [0.2, 0.25) is 0 Å². The van der Waals surface area contributed by atoms with E-state index in [1.165, 1.54) is 11.3 Å². The number of carboxylic acid groups (broad SMARTS) is 1. The van der Waals surface area contributed by atoms with E-state index in [0.717, 1.165) is 29.8 Å². The highest BCUT2D eigenvalue weighted by Crippen LogP contribution is 2.29. The normalized spacial score (nSPS) is 18.1. The second kappa shape index (κ2) is 7.23. The SMILES string of the molecule is O=C(O)CCC1CCCCN1C(=O)c1cnc(-c2ccsc2)s1. The van der Waals surface area contributed by atoms with Crippen molar-refractivity contribution in [2.24, 2.45) is 0 Å². The van der Waals surface area contributed by atoms with E-state index in [1.54, 1.807) is 17.5 Å². The van der Waals surface area contributed by atoms with E-state index < -0.39 is 5.97 Å². The van der Waals surface area contributed by atoms with Gasteiger partial charge in [-0.2, -0.15) is 11.3 Å². The summed E-state index contributed by atoms with van der Waals surface area (Å²) in [6.45, 7) is 0.703. The molecule has 1 saturated heterocycles. The molecule has 1 aliphatic heterocycles. The Kier molecular flexibility index (Phi) is 5.07. The minimum absolute atomic E-state index is 0.0148. The van der Waals surface area contributed by atoms with Gasteiger partial charge in [0.1, 0.15) is 9.88 Å². The summed E-state index contributed by atoms with van der Waals surface area (Å²) < 4.78 is 0. The van der Waals surface area contributed by atoms with E-state index in [0.29, 0.717) is 17.8 Å². The smallest absolute Gasteiger partial charge is 0.303 e. The number of rotatable bonds is 5. The number of aromatic nitrogens is 1. The van der Waals surface area contributed by atoms with Crippen molar-refractivity contribution >= 4 is 34.6 Å². The molecule has 0 aromatic carbocycles. The number of amides is 1. The van der Waals surface area contributed by atoms with E-state index in [4.69, 9.17) is 5.11 Å². The number of likely N-dealkylation sites (tertiary alicyclic amines) is 1. The summed E-state index contributed by atoms with van der Waals surface area (Å²) in [5.41, 5.74) is 1.04. The zero-order chi connectivity index (χ0) is 16.2. The maximum atomic E-state index is 12.8. The van der Waals surface area contributed by atoms with Crippen LogP contribution in [0.3, 0.4) is 0 Å². The van der Waals surface area contributed by atoms with Gasteiger partial charge < -0.3 is 10.0 Å². The Hall–Kier alpha value is -1.73. The van der Waals surface area contributed by atoms with Gasteiger partial charge in [0.05, 0.1) is 6.20 Å². The molecule has 0 bridgehead atoms. The van der Waals surface area contributed by atoms with Crippen LogP contribution < -0.4 is 0 Å². The predicted octanol–water partition coefficient (Wildman–Crippen LogP) is 3.73. The number of carbonyl (C=O) groups is 2. The van der Waals surface area contributed by atoms with Crippen molar-refractivity contribution < 1.29 is 14.7 Å². The standard InChI is InChI=1S/C16H18N2O3S2/c19-14(20)5-4-12-3-1-2-7-18(12)16(21)13-9-17-15(23-13)11-6-8-22-10-11/h6,8-10,12H,1-5,7H2,(H,19,20). The molecule has 7 heteroatoms. The molecule has 0 saturated carbocycles. The van der Waals surface area contributed by atoms with E-state index in [-0.39, 0.29) is 18.4 Å². The summed E-state index contributed by atoms with van der Waals surface area (Å²) in [5, 5.41) is 13.7. The van der Waals surface area contributed by atoms with Crippen molar-refractivity contribution in [1.29, 1.82) is 0 Å². The molecule has 3 rings (SSSR count). The van der Waals surface area contributed by atoms with Crippen LogP contribution in [-0.4, -0.2) is 39.5 Å². The Bertz CT molecular complexity index is 681. The fraction of sp³-hybridized carbons (Fsp3) is 0.438. The van der Waals surface area contributed by atoms with Crippen molar-refractivity contribution in [2.45, 2.75) is 38.1 Å². The summed E-state index contributed by atoms with van der Waals surface area (Å²) >= 11 is 3.01. The Morgan fingerprint density at radius 3 is 3.00 bits per heavy atom. The second-order valence-electron chi connectivity index (χ2n) is 5.62. The molecular formula is C16H18N2O3S2. The van der Waals surface area contributed by atoms with Crippen LogP contribution in [-0.2, 0) is 4.79 Å². The number of piperidine rings is 1. The lowest BCUT2D eigenvalue weighted by Crippen LogP contribution is -2.43. The Morgan fingerprint density at radius 1 is 1.39 bits per heavy atom. The van der Waals surface area contributed by atoms with Crippen molar-refractivity contribution in [3.05, 3.63) is 27.9 Å². The summed E-state index contributed by atoms with van der Waals surface area (Å²) in [7, 11) is 0. The molecule has 1 fully saturated rings. The van der Waals surface area contributed by atoms with Crippen LogP contribution in [0.5, 0.6) is 0 Å². The fourth-order valence-electron chi connectivity index (χ4n) is 2.89. The minimum atomic E-state index is -0.805. The summed E-state index contributed by atoms with van der Waals surface area (Å²) in [4.78, 5) is 30.4. The van der Waals surface area contributed by atoms with Gasteiger partial charge in [0.25, 0.3) is 5.91 Å². The Labute approximate surface area is 142 Å². The van der Waals surface area contributed by atoms with Crippen molar-refractivity contribution in [2.75, 3.05) is 6.54 Å². The molecule has 1 atom stereocenters. The molecule has 0 aliphatic carbocycles. The van der Waals surface area contributed by atoms with Gasteiger partial charge in [0, 0.05) is 30.0 Å². The number of thiophene rings is 1. The van der Waals surface area contributed by atoms with Gasteiger partial charge in [-0.15, -0.1) is 11.3 Å². The zero-order valence-corrected chi connectivity index (χ0v) is 14.2. The summed E-state index contributed by atoms with van der Waals surface area (Å²) in [6.07, 6.45) is 5.19. The molecule has 23 heavy (non-hydrogen) atoms. The monoisotopic (exact) mass is 350 g/mol. The molecule has 2 aromatic rings. The van der Waals surface area contributed by atoms with Crippen molar-refractivity contribution in [3.8, 4) is 10.6 Å². The lowest BCUT2D eigenvalue weighted by atomic mass is 9.97. The highest BCUT2D eigenvalue weighted by Gasteiger charge is 2.29. The maximum absolute atomic E-state index is 12.8. The van der Waals surface area contributed by atoms with E-state index in [2.05, 4.69) is 4.98 Å². The second-order valence-corrected chi connectivity index (χ2v) is 7.43. The van der Waals surface area contributed by atoms with Crippen molar-refractivity contribution in [3.63, 3.8) is 0 Å². The molecule has 3 heterocycles. The molecule has 1 amide bonds. The first-order valence-corrected chi connectivity index (χ1v) is 9.42. The lowest BCUT2D eigenvalue weighted by molar-refractivity contribution is -0.137.